The molecule has 0 aliphatic carbocycles. The highest BCUT2D eigenvalue weighted by molar-refractivity contribution is 9.10. The Hall–Kier alpha value is -3.60. The van der Waals surface area contributed by atoms with Crippen LogP contribution >= 0.6 is 27.7 Å². The maximum Gasteiger partial charge on any atom is 0.268 e. The highest BCUT2D eigenvalue weighted by Gasteiger charge is 2.26. The molecule has 2 amide bonds. The molecule has 3 N–H and O–H groups in total. The predicted molar refractivity (Wildman–Crippen MR) is 154 cm³/mol. The summed E-state index contributed by atoms with van der Waals surface area (Å²) < 4.78 is 2.92. The van der Waals surface area contributed by atoms with E-state index in [0.29, 0.717) is 35.6 Å². The first-order valence-corrected chi connectivity index (χ1v) is 14.1. The summed E-state index contributed by atoms with van der Waals surface area (Å²) in [5.74, 6) is -0.0952. The molecular weight excluding hydrogens is 580 g/mol. The zero-order valence-electron chi connectivity index (χ0n) is 21.2. The van der Waals surface area contributed by atoms with Crippen molar-refractivity contribution in [2.75, 3.05) is 10.7 Å². The molecule has 10 heteroatoms. The molecule has 0 bridgehead atoms. The molecule has 200 valence electrons. The number of aliphatic hydroxyl groups excluding tert-OH is 1. The van der Waals surface area contributed by atoms with Crippen molar-refractivity contribution in [3.05, 3.63) is 105 Å². The fourth-order valence-corrected chi connectivity index (χ4v) is 5.65. The molecule has 2 aromatic carbocycles. The third-order valence-corrected chi connectivity index (χ3v) is 8.26. The number of hydrogen-bond donors (Lipinski definition) is 3. The number of anilines is 1. The van der Waals surface area contributed by atoms with Crippen LogP contribution in [-0.2, 0) is 31.0 Å². The lowest BCUT2D eigenvalue weighted by molar-refractivity contribution is -0.116. The second-order valence-corrected chi connectivity index (χ2v) is 11.1. The number of halogens is 1. The lowest BCUT2D eigenvalue weighted by Crippen LogP contribution is -2.32. The molecule has 3 heterocycles. The van der Waals surface area contributed by atoms with Gasteiger partial charge < -0.3 is 25.0 Å². The number of nitrogens with zero attached hydrogens (tertiary/aromatic N) is 3. The van der Waals surface area contributed by atoms with Crippen LogP contribution < -0.4 is 10.2 Å². The maximum atomic E-state index is 13.4. The van der Waals surface area contributed by atoms with E-state index in [-0.39, 0.29) is 36.5 Å². The zero-order chi connectivity index (χ0) is 27.5. The van der Waals surface area contributed by atoms with E-state index < -0.39 is 0 Å². The number of hydrogen-bond acceptors (Lipinski definition) is 6. The quantitative estimate of drug-likeness (QED) is 0.262. The van der Waals surface area contributed by atoms with Crippen molar-refractivity contribution in [2.24, 2.45) is 0 Å². The van der Waals surface area contributed by atoms with E-state index in [1.54, 1.807) is 24.1 Å². The molecule has 0 radical (unpaired) electrons. The first-order chi connectivity index (χ1) is 18.9. The molecule has 2 aromatic heterocycles. The lowest BCUT2D eigenvalue weighted by Gasteiger charge is -2.22. The van der Waals surface area contributed by atoms with E-state index in [1.165, 1.54) is 11.8 Å². The van der Waals surface area contributed by atoms with Crippen LogP contribution in [0.15, 0.2) is 76.2 Å². The Kier molecular flexibility index (Phi) is 8.06. The van der Waals surface area contributed by atoms with Crippen molar-refractivity contribution in [1.29, 1.82) is 0 Å². The Morgan fingerprint density at radius 3 is 2.62 bits per heavy atom. The molecule has 0 spiro atoms. The normalized spacial score (nSPS) is 12.4. The van der Waals surface area contributed by atoms with Crippen LogP contribution in [0.1, 0.15) is 38.6 Å². The van der Waals surface area contributed by atoms with Crippen LogP contribution in [0.5, 0.6) is 5.75 Å². The zero-order valence-corrected chi connectivity index (χ0v) is 23.6. The second-order valence-electron chi connectivity index (χ2n) is 9.18. The van der Waals surface area contributed by atoms with E-state index in [0.717, 1.165) is 26.3 Å². The van der Waals surface area contributed by atoms with Gasteiger partial charge in [-0.15, -0.1) is 11.8 Å². The minimum Gasteiger partial charge on any atom is -0.506 e. The molecule has 4 aromatic rings. The van der Waals surface area contributed by atoms with Crippen LogP contribution in [0, 0.1) is 6.92 Å². The van der Waals surface area contributed by atoms with Gasteiger partial charge in [0.25, 0.3) is 5.91 Å². The Labute approximate surface area is 238 Å². The number of benzene rings is 2. The van der Waals surface area contributed by atoms with Crippen molar-refractivity contribution in [3.8, 4) is 5.75 Å². The number of nitrogens with one attached hydrogen (secondary N) is 1. The summed E-state index contributed by atoms with van der Waals surface area (Å²) in [7, 11) is 0. The number of aliphatic hydroxyl groups is 1. The highest BCUT2D eigenvalue weighted by atomic mass is 79.9. The van der Waals surface area contributed by atoms with Gasteiger partial charge in [0.1, 0.15) is 11.4 Å². The van der Waals surface area contributed by atoms with Gasteiger partial charge in [-0.05, 0) is 60.5 Å². The molecule has 0 unspecified atom stereocenters. The summed E-state index contributed by atoms with van der Waals surface area (Å²) in [6.07, 6.45) is 1.55. The van der Waals surface area contributed by atoms with Crippen molar-refractivity contribution in [1.82, 2.24) is 14.9 Å². The van der Waals surface area contributed by atoms with E-state index >= 15 is 0 Å². The minimum atomic E-state index is -0.359. The molecule has 1 aliphatic heterocycles. The third-order valence-electron chi connectivity index (χ3n) is 6.74. The monoisotopic (exact) mass is 606 g/mol. The van der Waals surface area contributed by atoms with Gasteiger partial charge in [0.15, 0.2) is 0 Å². The number of amides is 2. The lowest BCUT2D eigenvalue weighted by atomic mass is 10.1. The Bertz CT molecular complexity index is 1540. The number of aromatic hydroxyl groups is 1. The number of aromatic nitrogens is 2. The molecule has 0 fully saturated rings. The Morgan fingerprint density at radius 2 is 1.85 bits per heavy atom. The van der Waals surface area contributed by atoms with Crippen LogP contribution in [0.3, 0.4) is 0 Å². The standard InChI is InChI=1S/C29H27BrN4O4S/c1-18-28(37)24(16-35)20(12-31-18)13-32-29(38)26-11-8-22-15-34(25-5-3-2-4-19(25)14-33(22)26)27(36)17-39-23-9-6-21(30)7-10-23/h2-12,35,37H,13-17H2,1H3,(H,32,38). The van der Waals surface area contributed by atoms with Crippen molar-refractivity contribution in [2.45, 2.75) is 38.1 Å². The van der Waals surface area contributed by atoms with Gasteiger partial charge in [0.05, 0.1) is 31.1 Å². The summed E-state index contributed by atoms with van der Waals surface area (Å²) in [6, 6.07) is 19.3. The van der Waals surface area contributed by atoms with Gasteiger partial charge in [0, 0.05) is 39.1 Å². The first kappa shape index (κ1) is 27.0. The fraction of sp³-hybridized carbons (Fsp3) is 0.207. The Morgan fingerprint density at radius 1 is 1.08 bits per heavy atom. The number of thioether (sulfide) groups is 1. The van der Waals surface area contributed by atoms with Gasteiger partial charge >= 0.3 is 0 Å². The van der Waals surface area contributed by atoms with Gasteiger partial charge in [-0.3, -0.25) is 14.6 Å². The summed E-state index contributed by atoms with van der Waals surface area (Å²) in [4.78, 5) is 33.6. The van der Waals surface area contributed by atoms with Crippen LogP contribution in [0.2, 0.25) is 0 Å². The Balaban J connectivity index is 1.36. The van der Waals surface area contributed by atoms with Crippen molar-refractivity contribution >= 4 is 45.2 Å². The molecule has 0 saturated carbocycles. The van der Waals surface area contributed by atoms with Crippen LogP contribution in [0.4, 0.5) is 5.69 Å². The van der Waals surface area contributed by atoms with Gasteiger partial charge in [-0.2, -0.15) is 0 Å². The summed E-state index contributed by atoms with van der Waals surface area (Å²) in [5, 5.41) is 22.8. The molecule has 8 nitrogen and oxygen atoms in total. The van der Waals surface area contributed by atoms with Crippen molar-refractivity contribution in [3.63, 3.8) is 0 Å². The summed E-state index contributed by atoms with van der Waals surface area (Å²) in [6.45, 7) is 2.18. The van der Waals surface area contributed by atoms with Gasteiger partial charge in [-0.1, -0.05) is 34.1 Å². The molecule has 0 atom stereocenters. The number of aryl methyl sites for hydroxylation is 1. The van der Waals surface area contributed by atoms with Crippen molar-refractivity contribution < 1.29 is 19.8 Å². The van der Waals surface area contributed by atoms with Crippen LogP contribution in [0.25, 0.3) is 0 Å². The van der Waals surface area contributed by atoms with Gasteiger partial charge in [0.2, 0.25) is 5.91 Å². The number of para-hydroxylation sites is 1. The predicted octanol–water partition coefficient (Wildman–Crippen LogP) is 4.77. The van der Waals surface area contributed by atoms with Crippen LogP contribution in [-0.4, -0.2) is 37.3 Å². The number of fused-ring (bicyclic) bond motifs is 2. The summed E-state index contributed by atoms with van der Waals surface area (Å²) >= 11 is 4.93. The highest BCUT2D eigenvalue weighted by Crippen LogP contribution is 2.31. The molecular formula is C29H27BrN4O4S. The molecule has 39 heavy (non-hydrogen) atoms. The van der Waals surface area contributed by atoms with E-state index in [4.69, 9.17) is 0 Å². The SMILES string of the molecule is Cc1ncc(CNC(=O)c2ccc3n2Cc2ccccc2N(C(=O)CSc2ccc(Br)cc2)C3)c(CO)c1O. The number of carbonyl (C=O) groups excluding carboxylic acids is 2. The third kappa shape index (κ3) is 5.73. The molecule has 1 aliphatic rings. The first-order valence-electron chi connectivity index (χ1n) is 12.4. The summed E-state index contributed by atoms with van der Waals surface area (Å²) in [5.41, 5.74) is 4.40. The average molecular weight is 608 g/mol. The van der Waals surface area contributed by atoms with E-state index in [2.05, 4.69) is 26.2 Å². The largest absolute Gasteiger partial charge is 0.506 e. The number of carbonyl (C=O) groups is 2. The smallest absolute Gasteiger partial charge is 0.268 e. The molecule has 0 saturated heterocycles. The van der Waals surface area contributed by atoms with E-state index in [9.17, 15) is 19.8 Å². The fourth-order valence-electron chi connectivity index (χ4n) is 4.61. The average Bonchev–Trinajstić information content (AvgIpc) is 3.26. The molecule has 5 rings (SSSR count). The number of rotatable bonds is 7. The second kappa shape index (κ2) is 11.6. The van der Waals surface area contributed by atoms with E-state index in [1.807, 2.05) is 59.2 Å². The minimum absolute atomic E-state index is 0.0146. The number of pyridine rings is 1. The van der Waals surface area contributed by atoms with Gasteiger partial charge in [-0.25, -0.2) is 0 Å². The topological polar surface area (TPSA) is 108 Å². The maximum absolute atomic E-state index is 13.4.